The van der Waals surface area contributed by atoms with E-state index in [1.54, 1.807) is 41.3 Å². The molecule has 1 aliphatic heterocycles. The maximum atomic E-state index is 14.0. The molecule has 0 saturated carbocycles. The van der Waals surface area contributed by atoms with E-state index in [1.165, 1.54) is 14.2 Å². The lowest BCUT2D eigenvalue weighted by atomic mass is 9.92. The molecule has 40 heavy (non-hydrogen) atoms. The number of aliphatic hydroxyl groups excluding tert-OH is 1. The number of hydrogen-bond donors (Lipinski definition) is 3. The van der Waals surface area contributed by atoms with Crippen LogP contribution < -0.4 is 19.7 Å². The van der Waals surface area contributed by atoms with E-state index in [1.807, 2.05) is 13.8 Å². The van der Waals surface area contributed by atoms with Crippen molar-refractivity contribution in [2.45, 2.75) is 51.7 Å². The maximum absolute atomic E-state index is 14.0. The first-order chi connectivity index (χ1) is 19.0. The average molecular weight is 577 g/mol. The minimum absolute atomic E-state index is 0.0144. The molecule has 0 saturated heterocycles. The minimum atomic E-state index is -1.18. The highest BCUT2D eigenvalue weighted by atomic mass is 35.5. The van der Waals surface area contributed by atoms with E-state index in [0.717, 1.165) is 0 Å². The Bertz CT molecular complexity index is 1220. The van der Waals surface area contributed by atoms with E-state index in [4.69, 9.17) is 30.9 Å². The van der Waals surface area contributed by atoms with Crippen LogP contribution in [0.25, 0.3) is 0 Å². The van der Waals surface area contributed by atoms with E-state index in [9.17, 15) is 19.5 Å². The Balaban J connectivity index is 2.04. The highest BCUT2D eigenvalue weighted by Crippen LogP contribution is 2.45. The molecule has 2 atom stereocenters. The second kappa shape index (κ2) is 13.8. The van der Waals surface area contributed by atoms with E-state index >= 15 is 0 Å². The maximum Gasteiger partial charge on any atom is 0.303 e. The summed E-state index contributed by atoms with van der Waals surface area (Å²) in [6, 6.07) is 10.5. The third-order valence-corrected chi connectivity index (χ3v) is 6.88. The van der Waals surface area contributed by atoms with Gasteiger partial charge in [0.2, 0.25) is 5.91 Å². The van der Waals surface area contributed by atoms with Gasteiger partial charge in [0, 0.05) is 53.4 Å². The molecular weight excluding hydrogens is 540 g/mol. The Morgan fingerprint density at radius 2 is 1.88 bits per heavy atom. The van der Waals surface area contributed by atoms with E-state index < -0.39 is 35.4 Å². The molecule has 0 fully saturated rings. The molecule has 0 spiro atoms. The molecule has 2 amide bonds. The Hall–Kier alpha value is -3.34. The van der Waals surface area contributed by atoms with E-state index in [0.29, 0.717) is 46.2 Å². The Kier molecular flexibility index (Phi) is 10.8. The highest BCUT2D eigenvalue weighted by molar-refractivity contribution is 6.30. The van der Waals surface area contributed by atoms with E-state index in [2.05, 4.69) is 5.32 Å². The summed E-state index contributed by atoms with van der Waals surface area (Å²) in [5.74, 6) is -0.852. The first-order valence-corrected chi connectivity index (χ1v) is 13.5. The number of carbonyl (C=O) groups excluding carboxylic acids is 2. The molecule has 11 heteroatoms. The molecule has 0 aromatic heterocycles. The Labute approximate surface area is 239 Å². The molecule has 3 rings (SSSR count). The lowest BCUT2D eigenvalue weighted by Gasteiger charge is -2.32. The molecule has 0 unspecified atom stereocenters. The van der Waals surface area contributed by atoms with Gasteiger partial charge in [-0.3, -0.25) is 14.4 Å². The van der Waals surface area contributed by atoms with Crippen molar-refractivity contribution in [1.29, 1.82) is 0 Å². The van der Waals surface area contributed by atoms with Gasteiger partial charge in [0.15, 0.2) is 11.5 Å². The van der Waals surface area contributed by atoms with Crippen molar-refractivity contribution in [1.82, 2.24) is 5.32 Å². The third-order valence-electron chi connectivity index (χ3n) is 6.65. The van der Waals surface area contributed by atoms with Crippen LogP contribution in [-0.2, 0) is 19.1 Å². The van der Waals surface area contributed by atoms with Crippen LogP contribution in [-0.4, -0.2) is 68.0 Å². The van der Waals surface area contributed by atoms with Crippen LogP contribution in [0.3, 0.4) is 0 Å². The predicted octanol–water partition coefficient (Wildman–Crippen LogP) is 3.96. The first-order valence-electron chi connectivity index (χ1n) is 13.1. The van der Waals surface area contributed by atoms with Crippen molar-refractivity contribution in [2.75, 3.05) is 38.8 Å². The lowest BCUT2D eigenvalue weighted by Crippen LogP contribution is -2.46. The summed E-state index contributed by atoms with van der Waals surface area (Å²) in [5.41, 5.74) is 1.07. The van der Waals surface area contributed by atoms with Crippen LogP contribution in [0.2, 0.25) is 5.02 Å². The number of methoxy groups -OCH3 is 2. The zero-order valence-electron chi connectivity index (χ0n) is 23.2. The Morgan fingerprint density at radius 1 is 1.12 bits per heavy atom. The largest absolute Gasteiger partial charge is 0.493 e. The number of aliphatic hydroxyl groups is 1. The number of anilines is 1. The second-order valence-electron chi connectivity index (χ2n) is 10.4. The summed E-state index contributed by atoms with van der Waals surface area (Å²) in [6.07, 6.45) is -1.37. The third kappa shape index (κ3) is 7.65. The van der Waals surface area contributed by atoms with Gasteiger partial charge in [-0.05, 0) is 37.1 Å². The smallest absolute Gasteiger partial charge is 0.303 e. The molecule has 2 aromatic carbocycles. The number of nitrogens with zero attached hydrogens (tertiary/aromatic N) is 1. The van der Waals surface area contributed by atoms with Crippen molar-refractivity contribution >= 4 is 35.1 Å². The van der Waals surface area contributed by atoms with Gasteiger partial charge in [-0.2, -0.15) is 0 Å². The number of nitrogens with one attached hydrogen (secondary N) is 1. The van der Waals surface area contributed by atoms with Crippen LogP contribution >= 0.6 is 11.6 Å². The first kappa shape index (κ1) is 31.2. The molecule has 1 aliphatic rings. The SMILES string of the molecule is COc1cccc([C@H]2O[C@H](CC(=O)NCCCCC(=O)O)C(=O)N(CC(C)(C)CO)c3ccc(Cl)cc32)c1OC. The van der Waals surface area contributed by atoms with Crippen LogP contribution in [0.15, 0.2) is 36.4 Å². The summed E-state index contributed by atoms with van der Waals surface area (Å²) in [4.78, 5) is 39.2. The number of unbranched alkanes of at least 4 members (excludes halogenated alkanes) is 1. The van der Waals surface area contributed by atoms with Crippen molar-refractivity contribution in [3.63, 3.8) is 0 Å². The van der Waals surface area contributed by atoms with Gasteiger partial charge in [0.05, 0.1) is 20.6 Å². The van der Waals surface area contributed by atoms with Gasteiger partial charge < -0.3 is 34.6 Å². The number of carboxylic acids is 1. The lowest BCUT2D eigenvalue weighted by molar-refractivity contribution is -0.138. The summed E-state index contributed by atoms with van der Waals surface area (Å²) < 4.78 is 17.6. The van der Waals surface area contributed by atoms with E-state index in [-0.39, 0.29) is 32.5 Å². The van der Waals surface area contributed by atoms with Gasteiger partial charge in [-0.1, -0.05) is 37.6 Å². The number of carboxylic acid groups (broad SMARTS) is 1. The zero-order chi connectivity index (χ0) is 29.4. The number of benzene rings is 2. The molecule has 0 radical (unpaired) electrons. The number of fused-ring (bicyclic) bond motifs is 1. The summed E-state index contributed by atoms with van der Waals surface area (Å²) >= 11 is 6.43. The number of aliphatic carboxylic acids is 1. The zero-order valence-corrected chi connectivity index (χ0v) is 24.0. The normalized spacial score (nSPS) is 17.1. The summed E-state index contributed by atoms with van der Waals surface area (Å²) in [7, 11) is 3.03. The topological polar surface area (TPSA) is 135 Å². The van der Waals surface area contributed by atoms with Crippen LogP contribution in [0, 0.1) is 5.41 Å². The fraction of sp³-hybridized carbons (Fsp3) is 0.483. The van der Waals surface area contributed by atoms with Gasteiger partial charge in [-0.15, -0.1) is 0 Å². The van der Waals surface area contributed by atoms with Crippen molar-refractivity contribution < 1.29 is 38.8 Å². The standard InChI is InChI=1S/C29H37ClN2O8/c1-29(2,17-33)16-32-21-12-11-18(30)14-20(21)26(19-8-7-9-22(38-3)27(19)39-4)40-23(28(32)37)15-24(34)31-13-6-5-10-25(35)36/h7-9,11-12,14,23,26,33H,5-6,10,13,15-17H2,1-4H3,(H,31,34)(H,35,36)/t23-,26-/m1/s1. The highest BCUT2D eigenvalue weighted by Gasteiger charge is 2.40. The molecule has 2 aromatic rings. The van der Waals surface area contributed by atoms with Crippen molar-refractivity contribution in [2.24, 2.45) is 5.41 Å². The fourth-order valence-corrected chi connectivity index (χ4v) is 4.76. The fourth-order valence-electron chi connectivity index (χ4n) is 4.57. The quantitative estimate of drug-likeness (QED) is 0.305. The van der Waals surface area contributed by atoms with Gasteiger partial charge >= 0.3 is 5.97 Å². The van der Waals surface area contributed by atoms with Crippen molar-refractivity contribution in [3.8, 4) is 11.5 Å². The molecular formula is C29H37ClN2O8. The average Bonchev–Trinajstić information content (AvgIpc) is 3.02. The predicted molar refractivity (Wildman–Crippen MR) is 150 cm³/mol. The summed E-state index contributed by atoms with van der Waals surface area (Å²) in [6.45, 7) is 3.94. The molecule has 0 bridgehead atoms. The van der Waals surface area contributed by atoms with Crippen LogP contribution in [0.5, 0.6) is 11.5 Å². The molecule has 218 valence electrons. The number of carbonyl (C=O) groups is 3. The van der Waals surface area contributed by atoms with Gasteiger partial charge in [0.25, 0.3) is 5.91 Å². The van der Waals surface area contributed by atoms with Crippen molar-refractivity contribution in [3.05, 3.63) is 52.5 Å². The van der Waals surface area contributed by atoms with Gasteiger partial charge in [-0.25, -0.2) is 0 Å². The molecule has 10 nitrogen and oxygen atoms in total. The minimum Gasteiger partial charge on any atom is -0.493 e. The number of ether oxygens (including phenoxy) is 3. The Morgan fingerprint density at radius 3 is 2.52 bits per heavy atom. The number of hydrogen-bond acceptors (Lipinski definition) is 7. The second-order valence-corrected chi connectivity index (χ2v) is 10.9. The monoisotopic (exact) mass is 576 g/mol. The number of halogens is 1. The number of amides is 2. The number of para-hydroxylation sites is 1. The molecule has 3 N–H and O–H groups in total. The number of rotatable bonds is 13. The molecule has 0 aliphatic carbocycles. The van der Waals surface area contributed by atoms with Crippen LogP contribution in [0.4, 0.5) is 5.69 Å². The summed E-state index contributed by atoms with van der Waals surface area (Å²) in [5, 5.41) is 22.0. The van der Waals surface area contributed by atoms with Crippen LogP contribution in [0.1, 0.15) is 56.8 Å². The molecule has 1 heterocycles. The van der Waals surface area contributed by atoms with Gasteiger partial charge in [0.1, 0.15) is 12.2 Å².